The van der Waals surface area contributed by atoms with Crippen LogP contribution in [0.4, 0.5) is 0 Å². The first-order chi connectivity index (χ1) is 6.77. The summed E-state index contributed by atoms with van der Waals surface area (Å²) in [5.41, 5.74) is 0. The Morgan fingerprint density at radius 1 is 1.00 bits per heavy atom. The molecular formula is C12H26S2. The Hall–Kier alpha value is 0.700. The molecule has 0 saturated heterocycles. The summed E-state index contributed by atoms with van der Waals surface area (Å²) in [6.07, 6.45) is 9.62. The van der Waals surface area contributed by atoms with E-state index in [0.29, 0.717) is 5.25 Å². The Morgan fingerprint density at radius 2 is 1.64 bits per heavy atom. The summed E-state index contributed by atoms with van der Waals surface area (Å²) in [5.74, 6) is 2.73. The van der Waals surface area contributed by atoms with Gasteiger partial charge < -0.3 is 0 Å². The highest BCUT2D eigenvalue weighted by molar-refractivity contribution is 7.99. The van der Waals surface area contributed by atoms with Crippen molar-refractivity contribution in [3.05, 3.63) is 0 Å². The van der Waals surface area contributed by atoms with Crippen molar-refractivity contribution in [2.45, 2.75) is 64.0 Å². The highest BCUT2D eigenvalue weighted by Crippen LogP contribution is 2.12. The molecule has 0 fully saturated rings. The molecule has 86 valence electrons. The molecule has 0 bridgehead atoms. The second-order valence-electron chi connectivity index (χ2n) is 4.02. The monoisotopic (exact) mass is 234 g/mol. The Morgan fingerprint density at radius 3 is 2.21 bits per heavy atom. The molecule has 0 saturated carbocycles. The molecule has 0 aromatic carbocycles. The van der Waals surface area contributed by atoms with Crippen LogP contribution in [0.25, 0.3) is 0 Å². The second kappa shape index (κ2) is 11.8. The lowest BCUT2D eigenvalue weighted by Gasteiger charge is -2.03. The molecule has 0 aromatic rings. The van der Waals surface area contributed by atoms with E-state index in [1.165, 1.54) is 56.5 Å². The van der Waals surface area contributed by atoms with E-state index in [2.05, 4.69) is 38.2 Å². The Kier molecular flexibility index (Phi) is 12.4. The van der Waals surface area contributed by atoms with E-state index in [1.807, 2.05) is 0 Å². The van der Waals surface area contributed by atoms with E-state index in [1.54, 1.807) is 0 Å². The van der Waals surface area contributed by atoms with Crippen molar-refractivity contribution in [3.63, 3.8) is 0 Å². The summed E-state index contributed by atoms with van der Waals surface area (Å²) in [5, 5.41) is 0.588. The Balaban J connectivity index is 2.85. The highest BCUT2D eigenvalue weighted by Gasteiger charge is 1.95. The van der Waals surface area contributed by atoms with E-state index in [4.69, 9.17) is 0 Å². The fraction of sp³-hybridized carbons (Fsp3) is 1.00. The molecule has 0 aliphatic heterocycles. The van der Waals surface area contributed by atoms with Crippen molar-refractivity contribution in [3.8, 4) is 0 Å². The zero-order valence-corrected chi connectivity index (χ0v) is 11.5. The van der Waals surface area contributed by atoms with Crippen LogP contribution in [0, 0.1) is 0 Å². The molecule has 0 radical (unpaired) electrons. The van der Waals surface area contributed by atoms with Crippen LogP contribution in [0.5, 0.6) is 0 Å². The molecule has 1 unspecified atom stereocenters. The standard InChI is InChI=1S/C12H26S2/c1-3-4-5-7-10-14-11-8-6-9-12(2)13/h12-13H,3-11H2,1-2H3. The van der Waals surface area contributed by atoms with Gasteiger partial charge in [0.15, 0.2) is 0 Å². The summed E-state index contributed by atoms with van der Waals surface area (Å²) in [6, 6.07) is 0. The van der Waals surface area contributed by atoms with E-state index in [-0.39, 0.29) is 0 Å². The van der Waals surface area contributed by atoms with Crippen molar-refractivity contribution < 1.29 is 0 Å². The first-order valence-electron chi connectivity index (χ1n) is 6.03. The molecule has 0 spiro atoms. The predicted molar refractivity (Wildman–Crippen MR) is 73.8 cm³/mol. The van der Waals surface area contributed by atoms with Crippen LogP contribution in [-0.4, -0.2) is 16.8 Å². The second-order valence-corrected chi connectivity index (χ2v) is 6.12. The largest absolute Gasteiger partial charge is 0.176 e. The van der Waals surface area contributed by atoms with Crippen molar-refractivity contribution in [2.75, 3.05) is 11.5 Å². The summed E-state index contributed by atoms with van der Waals surface area (Å²) < 4.78 is 0. The fourth-order valence-corrected chi connectivity index (χ4v) is 2.58. The predicted octanol–water partition coefficient (Wildman–Crippen LogP) is 4.79. The van der Waals surface area contributed by atoms with Gasteiger partial charge >= 0.3 is 0 Å². The number of hydrogen-bond acceptors (Lipinski definition) is 2. The third-order valence-electron chi connectivity index (χ3n) is 2.30. The van der Waals surface area contributed by atoms with Crippen LogP contribution < -0.4 is 0 Å². The topological polar surface area (TPSA) is 0 Å². The minimum Gasteiger partial charge on any atom is -0.176 e. The third-order valence-corrected chi connectivity index (χ3v) is 3.72. The third kappa shape index (κ3) is 12.7. The van der Waals surface area contributed by atoms with E-state index in [9.17, 15) is 0 Å². The number of thiol groups is 1. The Labute approximate surface area is 100 Å². The maximum Gasteiger partial charge on any atom is -0.00116 e. The first kappa shape index (κ1) is 14.7. The average Bonchev–Trinajstić information content (AvgIpc) is 2.15. The number of rotatable bonds is 10. The van der Waals surface area contributed by atoms with Gasteiger partial charge in [-0.15, -0.1) is 0 Å². The fourth-order valence-electron chi connectivity index (χ4n) is 1.38. The summed E-state index contributed by atoms with van der Waals surface area (Å²) >= 11 is 6.50. The molecule has 1 atom stereocenters. The van der Waals surface area contributed by atoms with E-state index >= 15 is 0 Å². The van der Waals surface area contributed by atoms with Gasteiger partial charge in [-0.3, -0.25) is 0 Å². The van der Waals surface area contributed by atoms with Crippen molar-refractivity contribution >= 4 is 24.4 Å². The van der Waals surface area contributed by atoms with Crippen LogP contribution >= 0.6 is 24.4 Å². The molecule has 2 heteroatoms. The summed E-state index contributed by atoms with van der Waals surface area (Å²) in [4.78, 5) is 0. The van der Waals surface area contributed by atoms with Gasteiger partial charge in [0.25, 0.3) is 0 Å². The van der Waals surface area contributed by atoms with Crippen LogP contribution in [0.1, 0.15) is 58.8 Å². The number of hydrogen-bond donors (Lipinski definition) is 1. The quantitative estimate of drug-likeness (QED) is 0.419. The normalized spacial score (nSPS) is 13.1. The molecular weight excluding hydrogens is 208 g/mol. The first-order valence-corrected chi connectivity index (χ1v) is 7.70. The molecule has 0 nitrogen and oxygen atoms in total. The van der Waals surface area contributed by atoms with Crippen molar-refractivity contribution in [1.29, 1.82) is 0 Å². The molecule has 0 aliphatic rings. The van der Waals surface area contributed by atoms with Gasteiger partial charge in [-0.1, -0.05) is 39.5 Å². The molecule has 0 N–H and O–H groups in total. The van der Waals surface area contributed by atoms with E-state index < -0.39 is 0 Å². The number of unbranched alkanes of at least 4 members (excludes halogenated alkanes) is 4. The van der Waals surface area contributed by atoms with Crippen LogP contribution in [0.15, 0.2) is 0 Å². The molecule has 0 amide bonds. The average molecular weight is 234 g/mol. The van der Waals surface area contributed by atoms with Crippen LogP contribution in [0.3, 0.4) is 0 Å². The Bertz CT molecular complexity index is 102. The van der Waals surface area contributed by atoms with Crippen molar-refractivity contribution in [1.82, 2.24) is 0 Å². The van der Waals surface area contributed by atoms with Gasteiger partial charge in [0.05, 0.1) is 0 Å². The van der Waals surface area contributed by atoms with Crippen LogP contribution in [0.2, 0.25) is 0 Å². The molecule has 0 aromatic heterocycles. The lowest BCUT2D eigenvalue weighted by Crippen LogP contribution is -1.91. The molecule has 0 rings (SSSR count). The lowest BCUT2D eigenvalue weighted by atomic mass is 10.2. The van der Waals surface area contributed by atoms with Gasteiger partial charge in [-0.2, -0.15) is 24.4 Å². The maximum absolute atomic E-state index is 4.37. The van der Waals surface area contributed by atoms with Gasteiger partial charge in [0, 0.05) is 0 Å². The molecule has 0 aliphatic carbocycles. The van der Waals surface area contributed by atoms with E-state index in [0.717, 1.165) is 0 Å². The smallest absolute Gasteiger partial charge is 0.00116 e. The van der Waals surface area contributed by atoms with Gasteiger partial charge in [0.2, 0.25) is 0 Å². The lowest BCUT2D eigenvalue weighted by molar-refractivity contribution is 0.704. The van der Waals surface area contributed by atoms with Gasteiger partial charge in [0.1, 0.15) is 0 Å². The minimum atomic E-state index is 0.588. The summed E-state index contributed by atoms with van der Waals surface area (Å²) in [6.45, 7) is 4.45. The summed E-state index contributed by atoms with van der Waals surface area (Å²) in [7, 11) is 0. The molecule has 0 heterocycles. The highest BCUT2D eigenvalue weighted by atomic mass is 32.2. The van der Waals surface area contributed by atoms with Crippen molar-refractivity contribution in [2.24, 2.45) is 0 Å². The SMILES string of the molecule is CCCCCCSCCCCC(C)S. The zero-order valence-electron chi connectivity index (χ0n) is 9.80. The van der Waals surface area contributed by atoms with Gasteiger partial charge in [-0.05, 0) is 36.0 Å². The number of thioether (sulfide) groups is 1. The zero-order chi connectivity index (χ0) is 10.6. The minimum absolute atomic E-state index is 0.588. The maximum atomic E-state index is 4.37. The van der Waals surface area contributed by atoms with Gasteiger partial charge in [-0.25, -0.2) is 0 Å². The van der Waals surface area contributed by atoms with Crippen LogP contribution in [-0.2, 0) is 0 Å². The molecule has 14 heavy (non-hydrogen) atoms.